The fourth-order valence-electron chi connectivity index (χ4n) is 3.70. The van der Waals surface area contributed by atoms with E-state index in [1.807, 2.05) is 11.8 Å². The lowest BCUT2D eigenvalue weighted by Gasteiger charge is -2.34. The number of amides is 3. The van der Waals surface area contributed by atoms with Crippen molar-refractivity contribution in [3.8, 4) is 0 Å². The molecule has 2 atom stereocenters. The van der Waals surface area contributed by atoms with Crippen molar-refractivity contribution in [3.63, 3.8) is 0 Å². The molecule has 2 saturated heterocycles. The Morgan fingerprint density at radius 3 is 2.31 bits per heavy atom. The van der Waals surface area contributed by atoms with Gasteiger partial charge in [-0.1, -0.05) is 6.92 Å². The highest BCUT2D eigenvalue weighted by molar-refractivity contribution is 5.95. The Kier molecular flexibility index (Phi) is 5.44. The van der Waals surface area contributed by atoms with Gasteiger partial charge >= 0.3 is 12.0 Å². The molecule has 2 aliphatic heterocycles. The molecule has 0 bridgehead atoms. The molecule has 0 aromatic heterocycles. The van der Waals surface area contributed by atoms with Crippen molar-refractivity contribution in [2.45, 2.75) is 26.2 Å². The summed E-state index contributed by atoms with van der Waals surface area (Å²) >= 11 is 0. The lowest BCUT2D eigenvalue weighted by atomic mass is 9.91. The zero-order valence-electron chi connectivity index (χ0n) is 15.0. The number of aliphatic carboxylic acids is 1. The Morgan fingerprint density at radius 1 is 1.04 bits per heavy atom. The molecule has 7 heteroatoms. The monoisotopic (exact) mass is 359 g/mol. The number of piperidine rings is 1. The largest absolute Gasteiger partial charge is 0.481 e. The van der Waals surface area contributed by atoms with Crippen molar-refractivity contribution in [2.75, 3.05) is 31.5 Å². The van der Waals surface area contributed by atoms with Gasteiger partial charge in [0.2, 0.25) is 0 Å². The van der Waals surface area contributed by atoms with Crippen molar-refractivity contribution < 1.29 is 19.5 Å². The van der Waals surface area contributed by atoms with Crippen molar-refractivity contribution >= 4 is 23.6 Å². The lowest BCUT2D eigenvalue weighted by molar-refractivity contribution is -0.143. The highest BCUT2D eigenvalue weighted by Gasteiger charge is 2.32. The van der Waals surface area contributed by atoms with Gasteiger partial charge in [0, 0.05) is 37.4 Å². The summed E-state index contributed by atoms with van der Waals surface area (Å²) in [4.78, 5) is 39.4. The van der Waals surface area contributed by atoms with Crippen LogP contribution in [0.3, 0.4) is 0 Å². The molecule has 2 N–H and O–H groups in total. The molecular weight excluding hydrogens is 334 g/mol. The molecular formula is C19H25N3O4. The highest BCUT2D eigenvalue weighted by atomic mass is 16.4. The molecule has 2 aliphatic rings. The zero-order valence-corrected chi connectivity index (χ0v) is 15.0. The number of rotatable bonds is 3. The number of nitrogens with one attached hydrogen (secondary N) is 1. The van der Waals surface area contributed by atoms with Crippen LogP contribution in [0, 0.1) is 11.8 Å². The summed E-state index contributed by atoms with van der Waals surface area (Å²) in [5.41, 5.74) is 1.21. The molecule has 3 amide bonds. The molecule has 140 valence electrons. The van der Waals surface area contributed by atoms with E-state index in [4.69, 9.17) is 0 Å². The summed E-state index contributed by atoms with van der Waals surface area (Å²) in [5, 5.41) is 12.0. The van der Waals surface area contributed by atoms with Crippen LogP contribution in [0.2, 0.25) is 0 Å². The minimum absolute atomic E-state index is 0.0227. The quantitative estimate of drug-likeness (QED) is 0.868. The predicted molar refractivity (Wildman–Crippen MR) is 97.1 cm³/mol. The van der Waals surface area contributed by atoms with Crippen molar-refractivity contribution in [3.05, 3.63) is 29.8 Å². The summed E-state index contributed by atoms with van der Waals surface area (Å²) in [6.45, 7) is 4.32. The lowest BCUT2D eigenvalue weighted by Crippen LogP contribution is -2.47. The summed E-state index contributed by atoms with van der Waals surface area (Å²) in [7, 11) is 0. The summed E-state index contributed by atoms with van der Waals surface area (Å²) in [6.07, 6.45) is 2.68. The number of carboxylic acid groups (broad SMARTS) is 1. The molecule has 0 radical (unpaired) electrons. The van der Waals surface area contributed by atoms with E-state index in [2.05, 4.69) is 5.32 Å². The van der Waals surface area contributed by atoms with E-state index in [1.54, 1.807) is 29.2 Å². The third-order valence-corrected chi connectivity index (χ3v) is 5.07. The predicted octanol–water partition coefficient (Wildman–Crippen LogP) is 2.50. The van der Waals surface area contributed by atoms with Crippen LogP contribution in [-0.2, 0) is 4.79 Å². The average molecular weight is 359 g/mol. The first-order valence-electron chi connectivity index (χ1n) is 9.12. The Balaban J connectivity index is 1.60. The number of hydrogen-bond donors (Lipinski definition) is 2. The first kappa shape index (κ1) is 18.2. The maximum absolute atomic E-state index is 12.5. The van der Waals surface area contributed by atoms with Gasteiger partial charge in [0.25, 0.3) is 5.91 Å². The van der Waals surface area contributed by atoms with Crippen LogP contribution in [0.15, 0.2) is 24.3 Å². The number of benzene rings is 1. The summed E-state index contributed by atoms with van der Waals surface area (Å²) in [6, 6.07) is 6.55. The van der Waals surface area contributed by atoms with Crippen LogP contribution in [-0.4, -0.2) is 59.0 Å². The number of urea groups is 1. The van der Waals surface area contributed by atoms with Crippen LogP contribution in [0.25, 0.3) is 0 Å². The molecule has 1 aromatic rings. The minimum atomic E-state index is -0.862. The minimum Gasteiger partial charge on any atom is -0.481 e. The fraction of sp³-hybridized carbons (Fsp3) is 0.526. The van der Waals surface area contributed by atoms with Crippen LogP contribution >= 0.6 is 0 Å². The number of carbonyl (C=O) groups is 3. The van der Waals surface area contributed by atoms with E-state index in [-0.39, 0.29) is 24.4 Å². The van der Waals surface area contributed by atoms with Crippen LogP contribution in [0.4, 0.5) is 10.5 Å². The normalized spacial score (nSPS) is 23.0. The third-order valence-electron chi connectivity index (χ3n) is 5.07. The second-order valence-electron chi connectivity index (χ2n) is 7.29. The first-order chi connectivity index (χ1) is 12.4. The van der Waals surface area contributed by atoms with Gasteiger partial charge in [-0.3, -0.25) is 9.59 Å². The van der Waals surface area contributed by atoms with Crippen molar-refractivity contribution in [1.29, 1.82) is 0 Å². The highest BCUT2D eigenvalue weighted by Crippen LogP contribution is 2.23. The standard InChI is InChI=1S/C19H25N3O4/c1-13-10-15(18(24)25)12-22(11-13)19(26)20-16-6-4-14(5-7-16)17(23)21-8-2-3-9-21/h4-7,13,15H,2-3,8-12H2,1H3,(H,20,26)(H,24,25). The van der Waals surface area contributed by atoms with Gasteiger partial charge in [-0.25, -0.2) is 4.79 Å². The number of carbonyl (C=O) groups excluding carboxylic acids is 2. The average Bonchev–Trinajstić information content (AvgIpc) is 3.16. The van der Waals surface area contributed by atoms with E-state index in [9.17, 15) is 19.5 Å². The van der Waals surface area contributed by atoms with Gasteiger partial charge in [0.1, 0.15) is 0 Å². The molecule has 2 heterocycles. The van der Waals surface area contributed by atoms with Crippen LogP contribution in [0.5, 0.6) is 0 Å². The van der Waals surface area contributed by atoms with Gasteiger partial charge < -0.3 is 20.2 Å². The fourth-order valence-corrected chi connectivity index (χ4v) is 3.70. The third kappa shape index (κ3) is 4.15. The molecule has 1 aromatic carbocycles. The zero-order chi connectivity index (χ0) is 18.7. The molecule has 2 fully saturated rings. The van der Waals surface area contributed by atoms with E-state index < -0.39 is 11.9 Å². The molecule has 2 unspecified atom stereocenters. The van der Waals surface area contributed by atoms with Gasteiger partial charge in [0.05, 0.1) is 5.92 Å². The van der Waals surface area contributed by atoms with E-state index >= 15 is 0 Å². The van der Waals surface area contributed by atoms with E-state index in [0.717, 1.165) is 25.9 Å². The Bertz CT molecular complexity index is 683. The Labute approximate surface area is 153 Å². The maximum atomic E-state index is 12.5. The smallest absolute Gasteiger partial charge is 0.321 e. The summed E-state index contributed by atoms with van der Waals surface area (Å²) in [5.74, 6) is -1.21. The molecule has 7 nitrogen and oxygen atoms in total. The van der Waals surface area contributed by atoms with Crippen LogP contribution < -0.4 is 5.32 Å². The van der Waals surface area contributed by atoms with Gasteiger partial charge in [0.15, 0.2) is 0 Å². The Hall–Kier alpha value is -2.57. The van der Waals surface area contributed by atoms with Gasteiger partial charge in [-0.05, 0) is 49.4 Å². The topological polar surface area (TPSA) is 90.0 Å². The van der Waals surface area contributed by atoms with E-state index in [0.29, 0.717) is 24.2 Å². The molecule has 0 aliphatic carbocycles. The van der Waals surface area contributed by atoms with Gasteiger partial charge in [-0.15, -0.1) is 0 Å². The maximum Gasteiger partial charge on any atom is 0.321 e. The molecule has 0 saturated carbocycles. The Morgan fingerprint density at radius 2 is 1.69 bits per heavy atom. The number of carboxylic acids is 1. The van der Waals surface area contributed by atoms with Crippen molar-refractivity contribution in [2.24, 2.45) is 11.8 Å². The second-order valence-corrected chi connectivity index (χ2v) is 7.29. The molecule has 26 heavy (non-hydrogen) atoms. The second kappa shape index (κ2) is 7.76. The van der Waals surface area contributed by atoms with Crippen molar-refractivity contribution in [1.82, 2.24) is 9.80 Å². The molecule has 3 rings (SSSR count). The first-order valence-corrected chi connectivity index (χ1v) is 9.12. The van der Waals surface area contributed by atoms with Crippen LogP contribution in [0.1, 0.15) is 36.5 Å². The number of anilines is 1. The molecule has 0 spiro atoms. The number of likely N-dealkylation sites (tertiary alicyclic amines) is 2. The number of hydrogen-bond acceptors (Lipinski definition) is 3. The van der Waals surface area contributed by atoms with E-state index in [1.165, 1.54) is 0 Å². The SMILES string of the molecule is CC1CC(C(=O)O)CN(C(=O)Nc2ccc(C(=O)N3CCCC3)cc2)C1. The summed E-state index contributed by atoms with van der Waals surface area (Å²) < 4.78 is 0. The van der Waals surface area contributed by atoms with Gasteiger partial charge in [-0.2, -0.15) is 0 Å². The number of nitrogens with zero attached hydrogens (tertiary/aromatic N) is 2.